The lowest BCUT2D eigenvalue weighted by molar-refractivity contribution is -0.137. The van der Waals surface area contributed by atoms with Crippen molar-refractivity contribution in [3.8, 4) is 0 Å². The summed E-state index contributed by atoms with van der Waals surface area (Å²) in [5, 5.41) is 3.74. The maximum absolute atomic E-state index is 12.4. The van der Waals surface area contributed by atoms with Crippen molar-refractivity contribution in [2.75, 3.05) is 12.3 Å². The summed E-state index contributed by atoms with van der Waals surface area (Å²) in [7, 11) is 0. The first-order chi connectivity index (χ1) is 9.13. The number of carbonyl (C=O) groups is 2. The second-order valence-corrected chi connectivity index (χ2v) is 6.93. The standard InChI is InChI=1S/C14H24N2O2S/c1-3-19-13-8-4-6-11(13)15-14(18)12-7-5-9-16(12)10(2)17/h11-13H,3-9H2,1-2H3,(H,15,18)/t11-,12+,13-/m1/s1. The Morgan fingerprint density at radius 1 is 1.26 bits per heavy atom. The molecule has 1 saturated heterocycles. The monoisotopic (exact) mass is 284 g/mol. The third-order valence-electron chi connectivity index (χ3n) is 4.12. The van der Waals surface area contributed by atoms with Gasteiger partial charge in [-0.25, -0.2) is 0 Å². The Kier molecular flexibility index (Phi) is 5.13. The topological polar surface area (TPSA) is 49.4 Å². The molecule has 2 fully saturated rings. The molecule has 0 aromatic rings. The van der Waals surface area contributed by atoms with Gasteiger partial charge in [-0.3, -0.25) is 9.59 Å². The quantitative estimate of drug-likeness (QED) is 0.856. The number of carbonyl (C=O) groups excluding carboxylic acids is 2. The molecule has 0 aromatic heterocycles. The molecule has 0 radical (unpaired) electrons. The molecule has 0 unspecified atom stereocenters. The van der Waals surface area contributed by atoms with Crippen LogP contribution in [-0.2, 0) is 9.59 Å². The minimum Gasteiger partial charge on any atom is -0.350 e. The number of hydrogen-bond acceptors (Lipinski definition) is 3. The number of nitrogens with one attached hydrogen (secondary N) is 1. The molecule has 5 heteroatoms. The van der Waals surface area contributed by atoms with Gasteiger partial charge in [0.2, 0.25) is 11.8 Å². The SMILES string of the molecule is CCS[C@@H]1CCC[C@H]1NC(=O)[C@@H]1CCCN1C(C)=O. The van der Waals surface area contributed by atoms with Crippen LogP contribution in [0.1, 0.15) is 46.0 Å². The van der Waals surface area contributed by atoms with Gasteiger partial charge >= 0.3 is 0 Å². The van der Waals surface area contributed by atoms with E-state index in [1.54, 1.807) is 11.8 Å². The van der Waals surface area contributed by atoms with Crippen molar-refractivity contribution in [2.24, 2.45) is 0 Å². The Morgan fingerprint density at radius 2 is 2.05 bits per heavy atom. The molecule has 2 aliphatic rings. The number of amides is 2. The maximum atomic E-state index is 12.4. The van der Waals surface area contributed by atoms with E-state index < -0.39 is 0 Å². The van der Waals surface area contributed by atoms with Crippen LogP contribution in [0.2, 0.25) is 0 Å². The van der Waals surface area contributed by atoms with E-state index in [0.717, 1.165) is 31.6 Å². The van der Waals surface area contributed by atoms with Crippen LogP contribution in [0.25, 0.3) is 0 Å². The Morgan fingerprint density at radius 3 is 2.74 bits per heavy atom. The third kappa shape index (κ3) is 3.44. The minimum absolute atomic E-state index is 0.0172. The summed E-state index contributed by atoms with van der Waals surface area (Å²) >= 11 is 1.94. The predicted octanol–water partition coefficient (Wildman–Crippen LogP) is 1.79. The van der Waals surface area contributed by atoms with Crippen LogP contribution in [0.15, 0.2) is 0 Å². The summed E-state index contributed by atoms with van der Waals surface area (Å²) in [6.45, 7) is 4.44. The van der Waals surface area contributed by atoms with E-state index in [2.05, 4.69) is 12.2 Å². The molecule has 108 valence electrons. The predicted molar refractivity (Wildman–Crippen MR) is 78.1 cm³/mol. The van der Waals surface area contributed by atoms with Gasteiger partial charge in [0.15, 0.2) is 0 Å². The van der Waals surface area contributed by atoms with Gasteiger partial charge in [0.05, 0.1) is 0 Å². The molecule has 4 nitrogen and oxygen atoms in total. The van der Waals surface area contributed by atoms with Crippen LogP contribution in [-0.4, -0.2) is 46.3 Å². The van der Waals surface area contributed by atoms with Gasteiger partial charge in [-0.2, -0.15) is 11.8 Å². The second kappa shape index (κ2) is 6.64. The van der Waals surface area contributed by atoms with Crippen LogP contribution in [0.4, 0.5) is 0 Å². The fourth-order valence-electron chi connectivity index (χ4n) is 3.20. The molecule has 1 aliphatic carbocycles. The van der Waals surface area contributed by atoms with Crippen molar-refractivity contribution in [1.82, 2.24) is 10.2 Å². The van der Waals surface area contributed by atoms with Gasteiger partial charge < -0.3 is 10.2 Å². The van der Waals surface area contributed by atoms with E-state index in [1.807, 2.05) is 11.8 Å². The number of nitrogens with zero attached hydrogens (tertiary/aromatic N) is 1. The highest BCUT2D eigenvalue weighted by atomic mass is 32.2. The summed E-state index contributed by atoms with van der Waals surface area (Å²) in [6, 6.07) is 0.0669. The normalized spacial score (nSPS) is 30.6. The molecule has 0 bridgehead atoms. The van der Waals surface area contributed by atoms with E-state index in [4.69, 9.17) is 0 Å². The van der Waals surface area contributed by atoms with Gasteiger partial charge in [-0.05, 0) is 31.4 Å². The zero-order chi connectivity index (χ0) is 13.8. The molecule has 1 N–H and O–H groups in total. The van der Waals surface area contributed by atoms with Gasteiger partial charge in [-0.1, -0.05) is 13.3 Å². The smallest absolute Gasteiger partial charge is 0.243 e. The molecule has 1 aliphatic heterocycles. The molecule has 2 amide bonds. The lowest BCUT2D eigenvalue weighted by Gasteiger charge is -2.26. The molecule has 1 heterocycles. The highest BCUT2D eigenvalue weighted by Gasteiger charge is 2.35. The van der Waals surface area contributed by atoms with E-state index >= 15 is 0 Å². The first kappa shape index (κ1) is 14.7. The molecule has 2 rings (SSSR count). The van der Waals surface area contributed by atoms with Crippen LogP contribution >= 0.6 is 11.8 Å². The summed E-state index contributed by atoms with van der Waals surface area (Å²) in [5.41, 5.74) is 0. The van der Waals surface area contributed by atoms with Gasteiger partial charge in [0.1, 0.15) is 6.04 Å². The Bertz CT molecular complexity index is 348. The lowest BCUT2D eigenvalue weighted by atomic mass is 10.1. The Labute approximate surface area is 119 Å². The summed E-state index contributed by atoms with van der Waals surface area (Å²) in [4.78, 5) is 25.6. The van der Waals surface area contributed by atoms with Crippen LogP contribution in [0, 0.1) is 0 Å². The highest BCUT2D eigenvalue weighted by molar-refractivity contribution is 7.99. The average molecular weight is 284 g/mol. The van der Waals surface area contributed by atoms with Crippen molar-refractivity contribution >= 4 is 23.6 Å². The zero-order valence-electron chi connectivity index (χ0n) is 11.9. The van der Waals surface area contributed by atoms with Crippen molar-refractivity contribution in [3.63, 3.8) is 0 Å². The van der Waals surface area contributed by atoms with Crippen molar-refractivity contribution < 1.29 is 9.59 Å². The minimum atomic E-state index is -0.231. The fourth-order valence-corrected chi connectivity index (χ4v) is 4.40. The van der Waals surface area contributed by atoms with E-state index in [-0.39, 0.29) is 17.9 Å². The lowest BCUT2D eigenvalue weighted by Crippen LogP contribution is -2.49. The van der Waals surface area contributed by atoms with E-state index in [1.165, 1.54) is 12.8 Å². The summed E-state index contributed by atoms with van der Waals surface area (Å²) in [5.74, 6) is 1.17. The first-order valence-corrected chi connectivity index (χ1v) is 8.37. The first-order valence-electron chi connectivity index (χ1n) is 7.32. The molecule has 3 atom stereocenters. The molecular formula is C14H24N2O2S. The number of rotatable bonds is 4. The molecule has 19 heavy (non-hydrogen) atoms. The number of likely N-dealkylation sites (tertiary alicyclic amines) is 1. The van der Waals surface area contributed by atoms with Crippen molar-refractivity contribution in [2.45, 2.75) is 63.3 Å². The van der Waals surface area contributed by atoms with E-state index in [9.17, 15) is 9.59 Å². The zero-order valence-corrected chi connectivity index (χ0v) is 12.7. The molecule has 0 aromatic carbocycles. The Balaban J connectivity index is 1.91. The summed E-state index contributed by atoms with van der Waals surface area (Å²) < 4.78 is 0. The van der Waals surface area contributed by atoms with Crippen LogP contribution < -0.4 is 5.32 Å². The van der Waals surface area contributed by atoms with E-state index in [0.29, 0.717) is 11.3 Å². The van der Waals surface area contributed by atoms with Crippen molar-refractivity contribution in [3.05, 3.63) is 0 Å². The number of thioether (sulfide) groups is 1. The van der Waals surface area contributed by atoms with Crippen LogP contribution in [0.3, 0.4) is 0 Å². The molecule has 0 spiro atoms. The average Bonchev–Trinajstić information content (AvgIpc) is 2.98. The van der Waals surface area contributed by atoms with Gasteiger partial charge in [0.25, 0.3) is 0 Å². The maximum Gasteiger partial charge on any atom is 0.243 e. The van der Waals surface area contributed by atoms with Crippen LogP contribution in [0.5, 0.6) is 0 Å². The summed E-state index contributed by atoms with van der Waals surface area (Å²) in [6.07, 6.45) is 5.23. The van der Waals surface area contributed by atoms with Gasteiger partial charge in [0, 0.05) is 24.8 Å². The molecular weight excluding hydrogens is 260 g/mol. The van der Waals surface area contributed by atoms with Crippen molar-refractivity contribution in [1.29, 1.82) is 0 Å². The largest absolute Gasteiger partial charge is 0.350 e. The third-order valence-corrected chi connectivity index (χ3v) is 5.45. The Hall–Kier alpha value is -0.710. The second-order valence-electron chi connectivity index (χ2n) is 5.41. The molecule has 1 saturated carbocycles. The fraction of sp³-hybridized carbons (Fsp3) is 0.857. The highest BCUT2D eigenvalue weighted by Crippen LogP contribution is 2.30. The number of hydrogen-bond donors (Lipinski definition) is 1. The van der Waals surface area contributed by atoms with Gasteiger partial charge in [-0.15, -0.1) is 0 Å².